The molecule has 1 fully saturated rings. The van der Waals surface area contributed by atoms with Gasteiger partial charge in [-0.05, 0) is 44.1 Å². The Hall–Kier alpha value is -1.10. The number of rotatable bonds is 7. The van der Waals surface area contributed by atoms with E-state index >= 15 is 0 Å². The summed E-state index contributed by atoms with van der Waals surface area (Å²) in [6.07, 6.45) is 5.24. The second-order valence-corrected chi connectivity index (χ2v) is 5.48. The van der Waals surface area contributed by atoms with E-state index in [1.165, 1.54) is 30.8 Å². The highest BCUT2D eigenvalue weighted by Gasteiger charge is 2.21. The maximum Gasteiger partial charge on any atom is 0.343 e. The van der Waals surface area contributed by atoms with Gasteiger partial charge in [-0.3, -0.25) is 0 Å². The van der Waals surface area contributed by atoms with Gasteiger partial charge >= 0.3 is 5.97 Å². The zero-order chi connectivity index (χ0) is 13.0. The van der Waals surface area contributed by atoms with Crippen LogP contribution >= 0.6 is 11.5 Å². The molecule has 4 nitrogen and oxygen atoms in total. The number of aryl methyl sites for hydroxylation is 1. The fourth-order valence-electron chi connectivity index (χ4n) is 1.93. The van der Waals surface area contributed by atoms with E-state index in [2.05, 4.69) is 9.69 Å². The van der Waals surface area contributed by atoms with Crippen LogP contribution in [0.3, 0.4) is 0 Å². The Kier molecular flexibility index (Phi) is 4.58. The lowest BCUT2D eigenvalue weighted by molar-refractivity contribution is 0.0527. The van der Waals surface area contributed by atoms with E-state index in [0.717, 1.165) is 29.6 Å². The van der Waals surface area contributed by atoms with Crippen LogP contribution in [0, 0.1) is 12.8 Å². The first-order valence-corrected chi connectivity index (χ1v) is 7.37. The number of ether oxygens (including phenoxy) is 1. The summed E-state index contributed by atoms with van der Waals surface area (Å²) in [6, 6.07) is 0. The molecule has 1 saturated carbocycles. The largest absolute Gasteiger partial charge is 0.462 e. The van der Waals surface area contributed by atoms with E-state index in [9.17, 15) is 4.79 Å². The van der Waals surface area contributed by atoms with Crippen molar-refractivity contribution in [3.05, 3.63) is 11.3 Å². The van der Waals surface area contributed by atoms with Gasteiger partial charge in [0, 0.05) is 6.54 Å². The number of aromatic nitrogens is 1. The first kappa shape index (κ1) is 13.3. The van der Waals surface area contributed by atoms with Crippen molar-refractivity contribution in [1.82, 2.24) is 4.37 Å². The van der Waals surface area contributed by atoms with Crippen LogP contribution in [0.25, 0.3) is 0 Å². The van der Waals surface area contributed by atoms with Gasteiger partial charge in [0.1, 0.15) is 10.6 Å². The SMILES string of the molecule is CCOC(=O)c1c(C)nsc1NCCCC1CC1. The third-order valence-corrected chi connectivity index (χ3v) is 4.01. The van der Waals surface area contributed by atoms with E-state index in [-0.39, 0.29) is 5.97 Å². The van der Waals surface area contributed by atoms with E-state index in [1.807, 2.05) is 13.8 Å². The molecule has 0 atom stereocenters. The first-order valence-electron chi connectivity index (χ1n) is 6.59. The van der Waals surface area contributed by atoms with Crippen molar-refractivity contribution in [1.29, 1.82) is 0 Å². The molecule has 2 rings (SSSR count). The number of anilines is 1. The molecule has 100 valence electrons. The molecule has 0 saturated heterocycles. The minimum absolute atomic E-state index is 0.270. The third-order valence-electron chi connectivity index (χ3n) is 3.11. The molecule has 0 aliphatic heterocycles. The van der Waals surface area contributed by atoms with Crippen molar-refractivity contribution in [3.63, 3.8) is 0 Å². The lowest BCUT2D eigenvalue weighted by atomic mass is 10.2. The van der Waals surface area contributed by atoms with Crippen LogP contribution in [0.4, 0.5) is 5.00 Å². The van der Waals surface area contributed by atoms with Crippen LogP contribution in [-0.2, 0) is 4.74 Å². The quantitative estimate of drug-likeness (QED) is 0.609. The summed E-state index contributed by atoms with van der Waals surface area (Å²) >= 11 is 1.34. The summed E-state index contributed by atoms with van der Waals surface area (Å²) in [5.41, 5.74) is 1.36. The lowest BCUT2D eigenvalue weighted by Crippen LogP contribution is -2.09. The zero-order valence-corrected chi connectivity index (χ0v) is 11.8. The van der Waals surface area contributed by atoms with Gasteiger partial charge in [-0.2, -0.15) is 4.37 Å². The van der Waals surface area contributed by atoms with E-state index in [1.54, 1.807) is 0 Å². The summed E-state index contributed by atoms with van der Waals surface area (Å²) in [4.78, 5) is 11.8. The summed E-state index contributed by atoms with van der Waals surface area (Å²) in [5.74, 6) is 0.688. The van der Waals surface area contributed by atoms with Crippen molar-refractivity contribution in [2.45, 2.75) is 39.5 Å². The number of nitrogens with one attached hydrogen (secondary N) is 1. The number of hydrogen-bond donors (Lipinski definition) is 1. The molecule has 0 amide bonds. The predicted molar refractivity (Wildman–Crippen MR) is 73.3 cm³/mol. The molecule has 0 spiro atoms. The zero-order valence-electron chi connectivity index (χ0n) is 11.0. The highest BCUT2D eigenvalue weighted by molar-refractivity contribution is 7.10. The molecule has 1 aromatic heterocycles. The van der Waals surface area contributed by atoms with Crippen LogP contribution in [0.1, 0.15) is 48.7 Å². The van der Waals surface area contributed by atoms with Gasteiger partial charge in [-0.25, -0.2) is 4.79 Å². The standard InChI is InChI=1S/C13H20N2O2S/c1-3-17-13(16)11-9(2)15-18-12(11)14-8-4-5-10-6-7-10/h10,14H,3-8H2,1-2H3. The summed E-state index contributed by atoms with van der Waals surface area (Å²) in [5, 5.41) is 4.16. The number of carbonyl (C=O) groups excluding carboxylic acids is 1. The number of nitrogens with zero attached hydrogens (tertiary/aromatic N) is 1. The molecule has 0 radical (unpaired) electrons. The number of carbonyl (C=O) groups is 1. The molecule has 1 aromatic rings. The summed E-state index contributed by atoms with van der Waals surface area (Å²) in [6.45, 7) is 4.97. The van der Waals surface area contributed by atoms with Crippen molar-refractivity contribution in [3.8, 4) is 0 Å². The van der Waals surface area contributed by atoms with Crippen LogP contribution in [-0.4, -0.2) is 23.5 Å². The minimum atomic E-state index is -0.270. The Morgan fingerprint density at radius 3 is 3.00 bits per heavy atom. The normalized spacial score (nSPS) is 14.6. The van der Waals surface area contributed by atoms with Gasteiger partial charge < -0.3 is 10.1 Å². The molecule has 1 N–H and O–H groups in total. The van der Waals surface area contributed by atoms with Gasteiger partial charge in [-0.15, -0.1) is 0 Å². The first-order chi connectivity index (χ1) is 8.72. The van der Waals surface area contributed by atoms with Gasteiger partial charge in [0.05, 0.1) is 12.3 Å². The Bertz CT molecular complexity index is 413. The maximum atomic E-state index is 11.8. The van der Waals surface area contributed by atoms with E-state index < -0.39 is 0 Å². The maximum absolute atomic E-state index is 11.8. The molecule has 1 heterocycles. The van der Waals surface area contributed by atoms with Gasteiger partial charge in [-0.1, -0.05) is 12.8 Å². The highest BCUT2D eigenvalue weighted by atomic mass is 32.1. The highest BCUT2D eigenvalue weighted by Crippen LogP contribution is 2.33. The second-order valence-electron chi connectivity index (χ2n) is 4.70. The fourth-order valence-corrected chi connectivity index (χ4v) is 2.74. The Morgan fingerprint density at radius 2 is 2.33 bits per heavy atom. The molecular formula is C13H20N2O2S. The topological polar surface area (TPSA) is 51.2 Å². The summed E-state index contributed by atoms with van der Waals surface area (Å²) < 4.78 is 9.27. The van der Waals surface area contributed by atoms with Crippen molar-refractivity contribution in [2.24, 2.45) is 5.92 Å². The number of hydrogen-bond acceptors (Lipinski definition) is 5. The van der Waals surface area contributed by atoms with E-state index in [0.29, 0.717) is 12.2 Å². The monoisotopic (exact) mass is 268 g/mol. The summed E-state index contributed by atoms with van der Waals surface area (Å²) in [7, 11) is 0. The Morgan fingerprint density at radius 1 is 1.56 bits per heavy atom. The van der Waals surface area contributed by atoms with Crippen molar-refractivity contribution >= 4 is 22.5 Å². The molecule has 0 bridgehead atoms. The van der Waals surface area contributed by atoms with Crippen molar-refractivity contribution < 1.29 is 9.53 Å². The van der Waals surface area contributed by atoms with Crippen LogP contribution in [0.5, 0.6) is 0 Å². The number of esters is 1. The predicted octanol–water partition coefficient (Wildman–Crippen LogP) is 3.23. The molecule has 18 heavy (non-hydrogen) atoms. The smallest absolute Gasteiger partial charge is 0.343 e. The molecule has 1 aliphatic rings. The molecule has 5 heteroatoms. The third kappa shape index (κ3) is 3.45. The average molecular weight is 268 g/mol. The van der Waals surface area contributed by atoms with Crippen LogP contribution in [0.15, 0.2) is 0 Å². The van der Waals surface area contributed by atoms with Crippen molar-refractivity contribution in [2.75, 3.05) is 18.5 Å². The lowest BCUT2D eigenvalue weighted by Gasteiger charge is -2.06. The van der Waals surface area contributed by atoms with Gasteiger partial charge in [0.15, 0.2) is 0 Å². The van der Waals surface area contributed by atoms with Gasteiger partial charge in [0.2, 0.25) is 0 Å². The Labute approximate surface area is 112 Å². The minimum Gasteiger partial charge on any atom is -0.462 e. The van der Waals surface area contributed by atoms with E-state index in [4.69, 9.17) is 4.74 Å². The molecule has 0 aromatic carbocycles. The van der Waals surface area contributed by atoms with Crippen LogP contribution < -0.4 is 5.32 Å². The van der Waals surface area contributed by atoms with Crippen LogP contribution in [0.2, 0.25) is 0 Å². The Balaban J connectivity index is 1.87. The molecule has 1 aliphatic carbocycles. The molecular weight excluding hydrogens is 248 g/mol. The average Bonchev–Trinajstić information content (AvgIpc) is 3.09. The van der Waals surface area contributed by atoms with Gasteiger partial charge in [0.25, 0.3) is 0 Å². The molecule has 0 unspecified atom stereocenters. The fraction of sp³-hybridized carbons (Fsp3) is 0.692. The second kappa shape index (κ2) is 6.18.